The number of anilines is 1. The molecule has 28 heavy (non-hydrogen) atoms. The average molecular weight is 403 g/mol. The molecule has 0 aliphatic carbocycles. The molecule has 2 aromatic carbocycles. The minimum Gasteiger partial charge on any atom is -0.497 e. The van der Waals surface area contributed by atoms with Crippen molar-refractivity contribution in [3.8, 4) is 11.5 Å². The van der Waals surface area contributed by atoms with Crippen LogP contribution in [0.25, 0.3) is 0 Å². The van der Waals surface area contributed by atoms with Gasteiger partial charge >= 0.3 is 0 Å². The molecule has 0 spiro atoms. The van der Waals surface area contributed by atoms with Gasteiger partial charge in [-0.3, -0.25) is 4.99 Å². The summed E-state index contributed by atoms with van der Waals surface area (Å²) >= 11 is 6.18. The molecule has 2 aromatic rings. The van der Waals surface area contributed by atoms with Gasteiger partial charge in [-0.05, 0) is 42.3 Å². The molecule has 1 aliphatic rings. The average Bonchev–Trinajstić information content (AvgIpc) is 3.19. The lowest BCUT2D eigenvalue weighted by Crippen LogP contribution is -2.44. The molecule has 1 heterocycles. The van der Waals surface area contributed by atoms with Gasteiger partial charge in [0.15, 0.2) is 5.96 Å². The highest BCUT2D eigenvalue weighted by molar-refractivity contribution is 6.30. The second-order valence-corrected chi connectivity index (χ2v) is 7.11. The maximum atomic E-state index is 6.18. The maximum absolute atomic E-state index is 6.18. The van der Waals surface area contributed by atoms with E-state index in [1.165, 1.54) is 0 Å². The fourth-order valence-corrected chi connectivity index (χ4v) is 3.53. The van der Waals surface area contributed by atoms with Crippen molar-refractivity contribution in [2.24, 2.45) is 4.99 Å². The normalized spacial score (nSPS) is 16.8. The van der Waals surface area contributed by atoms with Crippen LogP contribution in [0.5, 0.6) is 11.5 Å². The summed E-state index contributed by atoms with van der Waals surface area (Å²) in [5.41, 5.74) is 2.16. The molecule has 2 N–H and O–H groups in total. The van der Waals surface area contributed by atoms with Crippen LogP contribution in [0, 0.1) is 0 Å². The maximum Gasteiger partial charge on any atom is 0.191 e. The molecule has 0 radical (unpaired) electrons. The third kappa shape index (κ3) is 5.01. The predicted octanol–water partition coefficient (Wildman–Crippen LogP) is 3.30. The van der Waals surface area contributed by atoms with Crippen LogP contribution in [0.4, 0.5) is 5.69 Å². The Hall–Kier alpha value is -2.60. The molecule has 0 saturated carbocycles. The fraction of sp³-hybridized carbons (Fsp3) is 0.381. The standard InChI is InChI=1S/C21H27ClN4O2/c1-23-21(24-13-15-5-4-6-18(11-15)27-2)25-17-9-10-26(14-17)19-12-16(22)7-8-20(19)28-3/h4-8,11-12,17H,9-10,13-14H2,1-3H3,(H2,23,24,25). The summed E-state index contributed by atoms with van der Waals surface area (Å²) in [5.74, 6) is 2.47. The highest BCUT2D eigenvalue weighted by atomic mass is 35.5. The van der Waals surface area contributed by atoms with E-state index in [9.17, 15) is 0 Å². The van der Waals surface area contributed by atoms with E-state index >= 15 is 0 Å². The Kier molecular flexibility index (Phi) is 6.87. The Morgan fingerprint density at radius 2 is 2.07 bits per heavy atom. The molecule has 6 nitrogen and oxygen atoms in total. The van der Waals surface area contributed by atoms with Gasteiger partial charge in [0.05, 0.1) is 19.9 Å². The number of hydrogen-bond donors (Lipinski definition) is 2. The van der Waals surface area contributed by atoms with Crippen molar-refractivity contribution in [1.82, 2.24) is 10.6 Å². The van der Waals surface area contributed by atoms with E-state index in [0.29, 0.717) is 17.6 Å². The van der Waals surface area contributed by atoms with E-state index in [2.05, 4.69) is 26.6 Å². The summed E-state index contributed by atoms with van der Waals surface area (Å²) in [6.07, 6.45) is 1.01. The number of nitrogens with zero attached hydrogens (tertiary/aromatic N) is 2. The first-order chi connectivity index (χ1) is 13.6. The summed E-state index contributed by atoms with van der Waals surface area (Å²) in [6.45, 7) is 2.47. The number of hydrogen-bond acceptors (Lipinski definition) is 4. The van der Waals surface area contributed by atoms with Gasteiger partial charge in [0.25, 0.3) is 0 Å². The van der Waals surface area contributed by atoms with Crippen molar-refractivity contribution >= 4 is 23.2 Å². The molecular formula is C21H27ClN4O2. The summed E-state index contributed by atoms with van der Waals surface area (Å²) in [7, 11) is 5.14. The first kappa shape index (κ1) is 20.1. The number of methoxy groups -OCH3 is 2. The number of ether oxygens (including phenoxy) is 2. The van der Waals surface area contributed by atoms with E-state index in [-0.39, 0.29) is 0 Å². The van der Waals surface area contributed by atoms with Crippen LogP contribution in [0.3, 0.4) is 0 Å². The molecule has 7 heteroatoms. The first-order valence-electron chi connectivity index (χ1n) is 9.31. The number of benzene rings is 2. The minimum absolute atomic E-state index is 0.292. The Morgan fingerprint density at radius 3 is 2.82 bits per heavy atom. The zero-order valence-electron chi connectivity index (χ0n) is 16.5. The van der Waals surface area contributed by atoms with Crippen LogP contribution in [-0.2, 0) is 6.54 Å². The second-order valence-electron chi connectivity index (χ2n) is 6.67. The highest BCUT2D eigenvalue weighted by Gasteiger charge is 2.25. The number of nitrogens with one attached hydrogen (secondary N) is 2. The highest BCUT2D eigenvalue weighted by Crippen LogP contribution is 2.33. The van der Waals surface area contributed by atoms with Gasteiger partial charge in [-0.25, -0.2) is 0 Å². The lowest BCUT2D eigenvalue weighted by atomic mass is 10.2. The van der Waals surface area contributed by atoms with Gasteiger partial charge in [-0.1, -0.05) is 23.7 Å². The third-order valence-corrected chi connectivity index (χ3v) is 5.06. The van der Waals surface area contributed by atoms with Crippen LogP contribution in [0.1, 0.15) is 12.0 Å². The Bertz CT molecular complexity index is 828. The van der Waals surface area contributed by atoms with Gasteiger partial charge in [0.2, 0.25) is 0 Å². The van der Waals surface area contributed by atoms with Crippen LogP contribution >= 0.6 is 11.6 Å². The number of halogens is 1. The molecule has 1 unspecified atom stereocenters. The van der Waals surface area contributed by atoms with Crippen LogP contribution < -0.4 is 25.0 Å². The van der Waals surface area contributed by atoms with Gasteiger partial charge < -0.3 is 25.0 Å². The van der Waals surface area contributed by atoms with Crippen LogP contribution in [0.15, 0.2) is 47.5 Å². The molecule has 1 aliphatic heterocycles. The van der Waals surface area contributed by atoms with Gasteiger partial charge in [-0.2, -0.15) is 0 Å². The van der Waals surface area contributed by atoms with Crippen molar-refractivity contribution in [1.29, 1.82) is 0 Å². The van der Waals surface area contributed by atoms with Crippen LogP contribution in [0.2, 0.25) is 5.02 Å². The van der Waals surface area contributed by atoms with Crippen molar-refractivity contribution in [2.45, 2.75) is 19.0 Å². The molecule has 0 bridgehead atoms. The molecule has 1 saturated heterocycles. The number of guanidine groups is 1. The molecule has 0 aromatic heterocycles. The van der Waals surface area contributed by atoms with Crippen molar-refractivity contribution in [3.63, 3.8) is 0 Å². The first-order valence-corrected chi connectivity index (χ1v) is 9.69. The summed E-state index contributed by atoms with van der Waals surface area (Å²) in [5, 5.41) is 7.59. The third-order valence-electron chi connectivity index (χ3n) is 4.83. The van der Waals surface area contributed by atoms with Crippen LogP contribution in [-0.4, -0.2) is 46.4 Å². The van der Waals surface area contributed by atoms with E-state index < -0.39 is 0 Å². The zero-order valence-corrected chi connectivity index (χ0v) is 17.3. The Labute approximate surface area is 171 Å². The number of rotatable bonds is 6. The Balaban J connectivity index is 1.57. The number of aliphatic imine (C=N–C) groups is 1. The van der Waals surface area contributed by atoms with Crippen molar-refractivity contribution in [2.75, 3.05) is 39.3 Å². The predicted molar refractivity (Wildman–Crippen MR) is 115 cm³/mol. The molecule has 3 rings (SSSR count). The molecule has 1 atom stereocenters. The lowest BCUT2D eigenvalue weighted by Gasteiger charge is -2.22. The molecule has 1 fully saturated rings. The molecule has 0 amide bonds. The van der Waals surface area contributed by atoms with E-state index in [1.807, 2.05) is 36.4 Å². The van der Waals surface area contributed by atoms with E-state index in [1.54, 1.807) is 21.3 Å². The topological polar surface area (TPSA) is 58.1 Å². The van der Waals surface area contributed by atoms with E-state index in [4.69, 9.17) is 21.1 Å². The van der Waals surface area contributed by atoms with Crippen molar-refractivity contribution in [3.05, 3.63) is 53.1 Å². The zero-order chi connectivity index (χ0) is 19.9. The van der Waals surface area contributed by atoms with Gasteiger partial charge in [0, 0.05) is 37.7 Å². The Morgan fingerprint density at radius 1 is 1.21 bits per heavy atom. The molecular weight excluding hydrogens is 376 g/mol. The second kappa shape index (κ2) is 9.55. The van der Waals surface area contributed by atoms with Gasteiger partial charge in [-0.15, -0.1) is 0 Å². The van der Waals surface area contributed by atoms with Gasteiger partial charge in [0.1, 0.15) is 11.5 Å². The summed E-state index contributed by atoms with van der Waals surface area (Å²) in [6, 6.07) is 14.0. The SMILES string of the molecule is CN=C(NCc1cccc(OC)c1)NC1CCN(c2cc(Cl)ccc2OC)C1. The monoisotopic (exact) mass is 402 g/mol. The van der Waals surface area contributed by atoms with E-state index in [0.717, 1.165) is 48.2 Å². The fourth-order valence-electron chi connectivity index (χ4n) is 3.36. The van der Waals surface area contributed by atoms with Crippen molar-refractivity contribution < 1.29 is 9.47 Å². The quantitative estimate of drug-likeness (QED) is 0.573. The summed E-state index contributed by atoms with van der Waals surface area (Å²) < 4.78 is 10.8. The lowest BCUT2D eigenvalue weighted by molar-refractivity contribution is 0.414. The minimum atomic E-state index is 0.292. The largest absolute Gasteiger partial charge is 0.497 e. The smallest absolute Gasteiger partial charge is 0.191 e. The summed E-state index contributed by atoms with van der Waals surface area (Å²) in [4.78, 5) is 6.64. The molecule has 150 valence electrons.